The zero-order valence-corrected chi connectivity index (χ0v) is 11.3. The highest BCUT2D eigenvalue weighted by Gasteiger charge is 2.34. The van der Waals surface area contributed by atoms with E-state index in [9.17, 15) is 9.59 Å². The monoisotopic (exact) mass is 272 g/mol. The summed E-state index contributed by atoms with van der Waals surface area (Å²) in [7, 11) is 0. The third kappa shape index (κ3) is 2.97. The summed E-state index contributed by atoms with van der Waals surface area (Å²) in [5.41, 5.74) is 0.481. The molecule has 1 fully saturated rings. The van der Waals surface area contributed by atoms with Crippen molar-refractivity contribution in [1.82, 2.24) is 4.90 Å². The number of carbonyl (C=O) groups excluding carboxylic acids is 2. The fraction of sp³-hybridized carbons (Fsp3) is 0.400. The molecule has 0 N–H and O–H groups in total. The van der Waals surface area contributed by atoms with E-state index in [1.54, 1.807) is 31.2 Å². The second-order valence-electron chi connectivity index (χ2n) is 4.80. The lowest BCUT2D eigenvalue weighted by Crippen LogP contribution is -2.32. The van der Waals surface area contributed by atoms with Crippen molar-refractivity contribution >= 4 is 11.8 Å². The van der Waals surface area contributed by atoms with E-state index >= 15 is 0 Å². The Morgan fingerprint density at radius 1 is 1.40 bits per heavy atom. The van der Waals surface area contributed by atoms with Gasteiger partial charge in [-0.1, -0.05) is 19.1 Å². The molecule has 0 bridgehead atoms. The van der Waals surface area contributed by atoms with Crippen molar-refractivity contribution in [3.8, 4) is 11.8 Å². The molecule has 0 aliphatic carbocycles. The molecule has 5 heteroatoms. The van der Waals surface area contributed by atoms with Crippen molar-refractivity contribution in [2.24, 2.45) is 5.92 Å². The lowest BCUT2D eigenvalue weighted by atomic mass is 10.1. The molecule has 1 aliphatic heterocycles. The average Bonchev–Trinajstić information content (AvgIpc) is 2.69. The van der Waals surface area contributed by atoms with Gasteiger partial charge in [-0.25, -0.2) is 0 Å². The van der Waals surface area contributed by atoms with Crippen LogP contribution < -0.4 is 4.74 Å². The Labute approximate surface area is 117 Å². The van der Waals surface area contributed by atoms with E-state index in [1.165, 1.54) is 4.90 Å². The zero-order valence-electron chi connectivity index (χ0n) is 11.3. The predicted octanol–water partition coefficient (Wildman–Crippen LogP) is 1.72. The SMILES string of the molecule is CC1CC(=O)N(CCCOc2ccccc2C#N)C1=O. The largest absolute Gasteiger partial charge is 0.492 e. The first-order valence-electron chi connectivity index (χ1n) is 6.59. The van der Waals surface area contributed by atoms with Gasteiger partial charge < -0.3 is 4.74 Å². The Balaban J connectivity index is 1.81. The zero-order chi connectivity index (χ0) is 14.5. The van der Waals surface area contributed by atoms with Crippen molar-refractivity contribution in [3.63, 3.8) is 0 Å². The van der Waals surface area contributed by atoms with Crippen LogP contribution in [0.4, 0.5) is 0 Å². The maximum absolute atomic E-state index is 11.7. The van der Waals surface area contributed by atoms with Crippen molar-refractivity contribution in [2.45, 2.75) is 19.8 Å². The molecule has 1 saturated heterocycles. The smallest absolute Gasteiger partial charge is 0.232 e. The number of ether oxygens (including phenoxy) is 1. The molecular formula is C15H16N2O3. The minimum absolute atomic E-state index is 0.104. The fourth-order valence-corrected chi connectivity index (χ4v) is 2.17. The normalized spacial score (nSPS) is 18.2. The van der Waals surface area contributed by atoms with Crippen LogP contribution in [0, 0.1) is 17.2 Å². The van der Waals surface area contributed by atoms with E-state index in [0.717, 1.165) is 0 Å². The van der Waals surface area contributed by atoms with Crippen LogP contribution in [0.5, 0.6) is 5.75 Å². The van der Waals surface area contributed by atoms with Gasteiger partial charge in [-0.05, 0) is 18.6 Å². The number of imide groups is 1. The highest BCUT2D eigenvalue weighted by molar-refractivity contribution is 6.03. The predicted molar refractivity (Wildman–Crippen MR) is 71.8 cm³/mol. The second-order valence-corrected chi connectivity index (χ2v) is 4.80. The molecule has 0 spiro atoms. The Hall–Kier alpha value is -2.35. The fourth-order valence-electron chi connectivity index (χ4n) is 2.17. The summed E-state index contributed by atoms with van der Waals surface area (Å²) in [6, 6.07) is 9.04. The molecule has 0 saturated carbocycles. The summed E-state index contributed by atoms with van der Waals surface area (Å²) in [4.78, 5) is 24.6. The lowest BCUT2D eigenvalue weighted by molar-refractivity contribution is -0.139. The number of benzene rings is 1. The third-order valence-corrected chi connectivity index (χ3v) is 3.26. The summed E-state index contributed by atoms with van der Waals surface area (Å²) in [5, 5.41) is 8.92. The van der Waals surface area contributed by atoms with Crippen LogP contribution >= 0.6 is 0 Å². The maximum Gasteiger partial charge on any atom is 0.232 e. The summed E-state index contributed by atoms with van der Waals surface area (Å²) >= 11 is 0. The van der Waals surface area contributed by atoms with Gasteiger partial charge in [0, 0.05) is 18.9 Å². The number of rotatable bonds is 5. The van der Waals surface area contributed by atoms with Gasteiger partial charge in [0.1, 0.15) is 11.8 Å². The molecule has 104 valence electrons. The first-order valence-corrected chi connectivity index (χ1v) is 6.59. The minimum Gasteiger partial charge on any atom is -0.492 e. The first kappa shape index (κ1) is 14.1. The van der Waals surface area contributed by atoms with Gasteiger partial charge in [0.05, 0.1) is 12.2 Å². The van der Waals surface area contributed by atoms with Gasteiger partial charge in [0.15, 0.2) is 0 Å². The molecule has 1 aromatic rings. The van der Waals surface area contributed by atoms with E-state index in [4.69, 9.17) is 10.00 Å². The van der Waals surface area contributed by atoms with Crippen LogP contribution in [-0.4, -0.2) is 29.9 Å². The van der Waals surface area contributed by atoms with Crippen molar-refractivity contribution in [2.75, 3.05) is 13.2 Å². The number of hydrogen-bond donors (Lipinski definition) is 0. The molecule has 1 atom stereocenters. The molecule has 2 amide bonds. The van der Waals surface area contributed by atoms with Crippen molar-refractivity contribution in [3.05, 3.63) is 29.8 Å². The molecule has 0 radical (unpaired) electrons. The van der Waals surface area contributed by atoms with Crippen LogP contribution in [0.2, 0.25) is 0 Å². The second kappa shape index (κ2) is 6.20. The molecule has 1 heterocycles. The summed E-state index contributed by atoms with van der Waals surface area (Å²) < 4.78 is 5.51. The summed E-state index contributed by atoms with van der Waals surface area (Å²) in [6.45, 7) is 2.50. The number of nitrogens with zero attached hydrogens (tertiary/aromatic N) is 2. The Morgan fingerprint density at radius 2 is 2.15 bits per heavy atom. The van der Waals surface area contributed by atoms with Crippen LogP contribution in [0.15, 0.2) is 24.3 Å². The molecule has 20 heavy (non-hydrogen) atoms. The molecule has 1 aliphatic rings. The molecule has 1 aromatic carbocycles. The molecular weight excluding hydrogens is 256 g/mol. The summed E-state index contributed by atoms with van der Waals surface area (Å²) in [6.07, 6.45) is 0.862. The number of likely N-dealkylation sites (tertiary alicyclic amines) is 1. The topological polar surface area (TPSA) is 70.4 Å². The number of amides is 2. The highest BCUT2D eigenvalue weighted by Crippen LogP contribution is 2.19. The Kier molecular flexibility index (Phi) is 4.36. The Morgan fingerprint density at radius 3 is 2.80 bits per heavy atom. The van der Waals surface area contributed by atoms with Crippen LogP contribution in [0.25, 0.3) is 0 Å². The molecule has 2 rings (SSSR count). The van der Waals surface area contributed by atoms with Gasteiger partial charge in [0.25, 0.3) is 0 Å². The number of para-hydroxylation sites is 1. The van der Waals surface area contributed by atoms with E-state index in [1.807, 2.05) is 0 Å². The van der Waals surface area contributed by atoms with E-state index in [2.05, 4.69) is 6.07 Å². The van der Waals surface area contributed by atoms with Gasteiger partial charge in [0.2, 0.25) is 11.8 Å². The maximum atomic E-state index is 11.7. The minimum atomic E-state index is -0.206. The van der Waals surface area contributed by atoms with E-state index in [-0.39, 0.29) is 17.7 Å². The third-order valence-electron chi connectivity index (χ3n) is 3.26. The van der Waals surface area contributed by atoms with Gasteiger partial charge in [-0.2, -0.15) is 5.26 Å². The number of nitriles is 1. The van der Waals surface area contributed by atoms with Crippen LogP contribution in [0.1, 0.15) is 25.3 Å². The van der Waals surface area contributed by atoms with Crippen LogP contribution in [-0.2, 0) is 9.59 Å². The van der Waals surface area contributed by atoms with E-state index < -0.39 is 0 Å². The standard InChI is InChI=1S/C15H16N2O3/c1-11-9-14(18)17(15(11)19)7-4-8-20-13-6-3-2-5-12(13)10-16/h2-3,5-6,11H,4,7-9H2,1H3. The van der Waals surface area contributed by atoms with E-state index in [0.29, 0.717) is 37.3 Å². The molecule has 5 nitrogen and oxygen atoms in total. The van der Waals surface area contributed by atoms with Crippen molar-refractivity contribution < 1.29 is 14.3 Å². The summed E-state index contributed by atoms with van der Waals surface area (Å²) in [5.74, 6) is 0.109. The quantitative estimate of drug-likeness (QED) is 0.604. The Bertz CT molecular complexity index is 562. The van der Waals surface area contributed by atoms with Crippen molar-refractivity contribution in [1.29, 1.82) is 5.26 Å². The lowest BCUT2D eigenvalue weighted by Gasteiger charge is -2.14. The molecule has 1 unspecified atom stereocenters. The van der Waals surface area contributed by atoms with Gasteiger partial charge in [-0.3, -0.25) is 14.5 Å². The van der Waals surface area contributed by atoms with Crippen LogP contribution in [0.3, 0.4) is 0 Å². The molecule has 0 aromatic heterocycles. The van der Waals surface area contributed by atoms with Gasteiger partial charge >= 0.3 is 0 Å². The number of hydrogen-bond acceptors (Lipinski definition) is 4. The highest BCUT2D eigenvalue weighted by atomic mass is 16.5. The number of carbonyl (C=O) groups is 2. The average molecular weight is 272 g/mol. The van der Waals surface area contributed by atoms with Gasteiger partial charge in [-0.15, -0.1) is 0 Å². The first-order chi connectivity index (χ1) is 9.63.